The number of nitrogens with zero attached hydrogens (tertiary/aromatic N) is 1. The predicted octanol–water partition coefficient (Wildman–Crippen LogP) is 19.2. The second kappa shape index (κ2) is 60.3. The van der Waals surface area contributed by atoms with E-state index in [1.54, 1.807) is 0 Å². The molecule has 2 unspecified atom stereocenters. The highest BCUT2D eigenvalue weighted by molar-refractivity contribution is 5.71. The normalized spacial score (nSPS) is 13.8. The van der Waals surface area contributed by atoms with Gasteiger partial charge in [0, 0.05) is 12.8 Å². The van der Waals surface area contributed by atoms with Crippen LogP contribution in [0.5, 0.6) is 0 Å². The van der Waals surface area contributed by atoms with Crippen molar-refractivity contribution in [2.45, 2.75) is 238 Å². The minimum Gasteiger partial charge on any atom is -0.477 e. The first-order chi connectivity index (χ1) is 39.1. The third-order valence-corrected chi connectivity index (χ3v) is 12.9. The Morgan fingerprint density at radius 1 is 0.388 bits per heavy atom. The number of ether oxygens (including phenoxy) is 4. The summed E-state index contributed by atoms with van der Waals surface area (Å²) >= 11 is 0. The standard InChI is InChI=1S/C71H115NO8/c1-6-8-10-12-14-16-18-20-22-24-25-26-27-28-29-30-31-32-33-34-35-36-37-38-39-40-41-42-43-44-45-46-48-50-52-54-56-58-60-62-69(74)80-67(66-79-71(70(75)76)77-64-63-72(3,4)5)65-78-68(73)61-59-57-55-53-51-49-47-23-21-19-17-15-13-11-9-7-2/h8,10,14,16,20,22,25-26,28-29,31-32,34-35,37-38,40-41,43-44,46,48,52,54,67,71H,6-7,9,11-13,15,17-19,21,23-24,27,30,33,36,39,42,45,47,49-51,53,55-66H2,1-5H3/p+1/b10-8-,16-14-,22-20-,26-25-,29-28-,32-31-,35-34-,38-37-,41-40-,44-43-,48-46-,54-52-. The zero-order valence-corrected chi connectivity index (χ0v) is 51.4. The molecule has 0 aromatic carbocycles. The summed E-state index contributed by atoms with van der Waals surface area (Å²) in [5.74, 6) is -2.08. The van der Waals surface area contributed by atoms with Crippen molar-refractivity contribution in [2.75, 3.05) is 47.5 Å². The topological polar surface area (TPSA) is 108 Å². The van der Waals surface area contributed by atoms with Crippen molar-refractivity contribution >= 4 is 17.9 Å². The third kappa shape index (κ3) is 60.8. The van der Waals surface area contributed by atoms with Gasteiger partial charge in [0.2, 0.25) is 0 Å². The highest BCUT2D eigenvalue weighted by Crippen LogP contribution is 2.15. The fraction of sp³-hybridized carbons (Fsp3) is 0.620. The van der Waals surface area contributed by atoms with Crippen LogP contribution in [0.1, 0.15) is 226 Å². The maximum atomic E-state index is 12.9. The zero-order chi connectivity index (χ0) is 58.3. The molecule has 9 heteroatoms. The van der Waals surface area contributed by atoms with Crippen LogP contribution in [-0.4, -0.2) is 87.4 Å². The quantitative estimate of drug-likeness (QED) is 0.0211. The van der Waals surface area contributed by atoms with E-state index >= 15 is 0 Å². The van der Waals surface area contributed by atoms with E-state index in [1.807, 2.05) is 21.1 Å². The summed E-state index contributed by atoms with van der Waals surface area (Å²) < 4.78 is 22.8. The Bertz CT molecular complexity index is 1820. The van der Waals surface area contributed by atoms with Crippen LogP contribution < -0.4 is 0 Å². The lowest BCUT2D eigenvalue weighted by Crippen LogP contribution is -2.40. The van der Waals surface area contributed by atoms with Gasteiger partial charge in [0.05, 0.1) is 34.4 Å². The average molecular weight is 1110 g/mol. The first-order valence-electron chi connectivity index (χ1n) is 31.5. The number of quaternary nitrogens is 1. The van der Waals surface area contributed by atoms with Gasteiger partial charge in [-0.25, -0.2) is 4.79 Å². The highest BCUT2D eigenvalue weighted by Gasteiger charge is 2.25. The molecule has 0 aromatic heterocycles. The maximum absolute atomic E-state index is 12.9. The number of carboxylic acids is 1. The Morgan fingerprint density at radius 2 is 0.713 bits per heavy atom. The van der Waals surface area contributed by atoms with E-state index in [2.05, 4.69) is 160 Å². The fourth-order valence-electron chi connectivity index (χ4n) is 8.05. The molecule has 2 atom stereocenters. The lowest BCUT2D eigenvalue weighted by Gasteiger charge is -2.25. The van der Waals surface area contributed by atoms with Crippen LogP contribution in [0.3, 0.4) is 0 Å². The van der Waals surface area contributed by atoms with Crippen LogP contribution in [0.15, 0.2) is 146 Å². The molecule has 0 amide bonds. The molecule has 0 aliphatic heterocycles. The Morgan fingerprint density at radius 3 is 1.06 bits per heavy atom. The number of rotatable bonds is 56. The summed E-state index contributed by atoms with van der Waals surface area (Å²) in [7, 11) is 5.94. The molecule has 9 nitrogen and oxygen atoms in total. The molecule has 0 spiro atoms. The van der Waals surface area contributed by atoms with Crippen molar-refractivity contribution in [3.8, 4) is 0 Å². The summed E-state index contributed by atoms with van der Waals surface area (Å²) in [6.45, 7) is 4.70. The van der Waals surface area contributed by atoms with E-state index in [1.165, 1.54) is 83.5 Å². The molecule has 80 heavy (non-hydrogen) atoms. The van der Waals surface area contributed by atoms with E-state index < -0.39 is 24.3 Å². The number of carboxylic acid groups (broad SMARTS) is 1. The summed E-state index contributed by atoms with van der Waals surface area (Å²) in [5.41, 5.74) is 0. The minimum absolute atomic E-state index is 0.173. The van der Waals surface area contributed by atoms with Crippen molar-refractivity contribution in [1.82, 2.24) is 0 Å². The van der Waals surface area contributed by atoms with Crippen LogP contribution in [0, 0.1) is 0 Å². The van der Waals surface area contributed by atoms with Crippen molar-refractivity contribution in [1.29, 1.82) is 0 Å². The molecule has 0 saturated heterocycles. The maximum Gasteiger partial charge on any atom is 0.361 e. The minimum atomic E-state index is -1.53. The third-order valence-electron chi connectivity index (χ3n) is 12.9. The largest absolute Gasteiger partial charge is 0.477 e. The summed E-state index contributed by atoms with van der Waals surface area (Å²) in [4.78, 5) is 37.4. The average Bonchev–Trinajstić information content (AvgIpc) is 3.43. The van der Waals surface area contributed by atoms with Gasteiger partial charge in [-0.2, -0.15) is 0 Å². The number of carbonyl (C=O) groups excluding carboxylic acids is 2. The van der Waals surface area contributed by atoms with Gasteiger partial charge >= 0.3 is 17.9 Å². The lowest BCUT2D eigenvalue weighted by molar-refractivity contribution is -0.870. The van der Waals surface area contributed by atoms with Gasteiger partial charge in [-0.3, -0.25) is 9.59 Å². The molecule has 0 radical (unpaired) electrons. The number of allylic oxidation sites excluding steroid dienone is 24. The van der Waals surface area contributed by atoms with Gasteiger partial charge in [0.15, 0.2) is 6.10 Å². The molecule has 0 saturated carbocycles. The molecule has 0 aliphatic rings. The molecule has 0 aliphatic carbocycles. The number of aliphatic carboxylic acids is 1. The molecule has 452 valence electrons. The molecule has 0 aromatic rings. The molecule has 0 heterocycles. The van der Waals surface area contributed by atoms with E-state index in [-0.39, 0.29) is 38.6 Å². The number of unbranched alkanes of at least 4 members (excludes halogenated alkanes) is 17. The van der Waals surface area contributed by atoms with Crippen LogP contribution in [-0.2, 0) is 33.3 Å². The van der Waals surface area contributed by atoms with Gasteiger partial charge in [0.1, 0.15) is 13.2 Å². The van der Waals surface area contributed by atoms with Crippen molar-refractivity contribution in [3.63, 3.8) is 0 Å². The molecule has 0 bridgehead atoms. The van der Waals surface area contributed by atoms with Crippen molar-refractivity contribution < 1.29 is 42.9 Å². The SMILES string of the molecule is CC/C=C\C/C=C\C/C=C\C/C=C\C/C=C\C/C=C\C/C=C\C/C=C\C/C=C\C/C=C\C/C=C\C/C=C\CCCCC(=O)OC(COC(=O)CCCCCCCCCCCCCCCCCC)COC(OCC[N+](C)(C)C)C(=O)O. The van der Waals surface area contributed by atoms with E-state index in [0.717, 1.165) is 109 Å². The number of hydrogen-bond donors (Lipinski definition) is 1. The Hall–Kier alpha value is -4.83. The summed E-state index contributed by atoms with van der Waals surface area (Å²) in [5, 5.41) is 9.70. The number of hydrogen-bond acceptors (Lipinski definition) is 7. The summed E-state index contributed by atoms with van der Waals surface area (Å²) in [6.07, 6.45) is 85.2. The number of esters is 2. The zero-order valence-electron chi connectivity index (χ0n) is 51.4. The van der Waals surface area contributed by atoms with Gasteiger partial charge in [-0.1, -0.05) is 256 Å². The first kappa shape index (κ1) is 75.2. The molecular weight excluding hydrogens is 995 g/mol. The monoisotopic (exact) mass is 1110 g/mol. The highest BCUT2D eigenvalue weighted by atomic mass is 16.7. The Balaban J connectivity index is 4.29. The predicted molar refractivity (Wildman–Crippen MR) is 340 cm³/mol. The second-order valence-electron chi connectivity index (χ2n) is 21.6. The fourth-order valence-corrected chi connectivity index (χ4v) is 8.05. The lowest BCUT2D eigenvalue weighted by atomic mass is 10.0. The van der Waals surface area contributed by atoms with Crippen molar-refractivity contribution in [3.05, 3.63) is 146 Å². The van der Waals surface area contributed by atoms with Gasteiger partial charge in [-0.15, -0.1) is 0 Å². The molecular formula is C71H116NO8+. The Labute approximate surface area is 490 Å². The van der Waals surface area contributed by atoms with Gasteiger partial charge < -0.3 is 28.5 Å². The second-order valence-corrected chi connectivity index (χ2v) is 21.6. The van der Waals surface area contributed by atoms with Crippen LogP contribution in [0.4, 0.5) is 0 Å². The van der Waals surface area contributed by atoms with Crippen LogP contribution >= 0.6 is 0 Å². The first-order valence-corrected chi connectivity index (χ1v) is 31.5. The molecule has 1 N–H and O–H groups in total. The van der Waals surface area contributed by atoms with Crippen LogP contribution in [0.2, 0.25) is 0 Å². The molecule has 0 rings (SSSR count). The number of carbonyl (C=O) groups is 3. The molecule has 0 fully saturated rings. The van der Waals surface area contributed by atoms with E-state index in [0.29, 0.717) is 17.4 Å². The Kier molecular flexibility index (Phi) is 56.6. The van der Waals surface area contributed by atoms with Crippen LogP contribution in [0.25, 0.3) is 0 Å². The van der Waals surface area contributed by atoms with Gasteiger partial charge in [0.25, 0.3) is 6.29 Å². The summed E-state index contributed by atoms with van der Waals surface area (Å²) in [6, 6.07) is 0. The smallest absolute Gasteiger partial charge is 0.361 e. The van der Waals surface area contributed by atoms with Crippen molar-refractivity contribution in [2.24, 2.45) is 0 Å². The van der Waals surface area contributed by atoms with Gasteiger partial charge in [-0.05, 0) is 103 Å². The van der Waals surface area contributed by atoms with E-state index in [9.17, 15) is 19.5 Å². The van der Waals surface area contributed by atoms with E-state index in [4.69, 9.17) is 18.9 Å². The number of likely N-dealkylation sites (N-methyl/N-ethyl adjacent to an activating group) is 1.